The number of fused-ring (bicyclic) bond motifs is 3. The molecule has 31 heavy (non-hydrogen) atoms. The molecule has 0 saturated carbocycles. The molecule has 3 aromatic heterocycles. The van der Waals surface area contributed by atoms with Gasteiger partial charge in [-0.25, -0.2) is 13.9 Å². The molecule has 0 aliphatic carbocycles. The Kier molecular flexibility index (Phi) is 4.99. The van der Waals surface area contributed by atoms with E-state index >= 15 is 0 Å². The van der Waals surface area contributed by atoms with Gasteiger partial charge in [-0.3, -0.25) is 9.78 Å². The number of amides is 1. The lowest BCUT2D eigenvalue weighted by Crippen LogP contribution is -2.26. The Bertz CT molecular complexity index is 1280. The van der Waals surface area contributed by atoms with Crippen molar-refractivity contribution in [1.29, 1.82) is 0 Å². The van der Waals surface area contributed by atoms with Gasteiger partial charge in [-0.15, -0.1) is 0 Å². The van der Waals surface area contributed by atoms with Crippen LogP contribution in [0.3, 0.4) is 0 Å². The summed E-state index contributed by atoms with van der Waals surface area (Å²) in [6, 6.07) is 7.74. The molecule has 9 heteroatoms. The minimum Gasteiger partial charge on any atom is -0.492 e. The van der Waals surface area contributed by atoms with Crippen LogP contribution < -0.4 is 4.74 Å². The van der Waals surface area contributed by atoms with Crippen LogP contribution in [0.25, 0.3) is 5.65 Å². The monoisotopic (exact) mass is 437 g/mol. The second kappa shape index (κ2) is 7.96. The first-order chi connectivity index (χ1) is 15.1. The molecule has 0 unspecified atom stereocenters. The van der Waals surface area contributed by atoms with E-state index < -0.39 is 5.82 Å². The minimum atomic E-state index is -0.462. The van der Waals surface area contributed by atoms with E-state index in [4.69, 9.17) is 16.3 Å². The zero-order valence-electron chi connectivity index (χ0n) is 16.3. The smallest absolute Gasteiger partial charge is 0.258 e. The van der Waals surface area contributed by atoms with Gasteiger partial charge >= 0.3 is 0 Å². The van der Waals surface area contributed by atoms with Crippen LogP contribution in [0.2, 0.25) is 5.02 Å². The van der Waals surface area contributed by atoms with Gasteiger partial charge in [-0.05, 0) is 23.8 Å². The van der Waals surface area contributed by atoms with Crippen molar-refractivity contribution in [3.8, 4) is 5.75 Å². The number of hydrogen-bond acceptors (Lipinski definition) is 5. The van der Waals surface area contributed by atoms with Crippen LogP contribution in [0.15, 0.2) is 55.1 Å². The molecule has 7 nitrogen and oxygen atoms in total. The number of halogens is 2. The molecule has 0 saturated heterocycles. The van der Waals surface area contributed by atoms with E-state index in [0.717, 1.165) is 16.8 Å². The largest absolute Gasteiger partial charge is 0.492 e. The van der Waals surface area contributed by atoms with Gasteiger partial charge in [0.05, 0.1) is 42.2 Å². The molecule has 0 fully saturated rings. The molecule has 1 amide bonds. The van der Waals surface area contributed by atoms with E-state index in [1.807, 2.05) is 12.1 Å². The number of rotatable bonds is 5. The van der Waals surface area contributed by atoms with Crippen molar-refractivity contribution in [2.45, 2.75) is 19.5 Å². The van der Waals surface area contributed by atoms with Gasteiger partial charge in [0.15, 0.2) is 5.65 Å². The Hall–Kier alpha value is -3.52. The lowest BCUT2D eigenvalue weighted by Gasteiger charge is -2.18. The SMILES string of the molecule is O=C(c1ccc(F)cc1OCCc1cccnc1)N1Cc2nn3cc(Cl)cnc3c2C1. The van der Waals surface area contributed by atoms with Gasteiger partial charge in [-0.2, -0.15) is 5.10 Å². The van der Waals surface area contributed by atoms with Crippen LogP contribution in [0.4, 0.5) is 4.39 Å². The molecule has 0 radical (unpaired) electrons. The third kappa shape index (κ3) is 3.82. The maximum Gasteiger partial charge on any atom is 0.258 e. The third-order valence-electron chi connectivity index (χ3n) is 5.14. The standard InChI is InChI=1S/C22H17ClFN5O2/c23-15-10-26-21-18-12-28(13-19(18)27-29(21)11-15)22(30)17-4-3-16(24)8-20(17)31-7-5-14-2-1-6-25-9-14/h1-4,6,8-11H,5,7,12-13H2. The van der Waals surface area contributed by atoms with Crippen LogP contribution >= 0.6 is 11.6 Å². The normalized spacial score (nSPS) is 12.9. The van der Waals surface area contributed by atoms with Gasteiger partial charge in [0, 0.05) is 36.6 Å². The molecule has 4 heterocycles. The summed E-state index contributed by atoms with van der Waals surface area (Å²) in [5, 5.41) is 4.97. The Morgan fingerprint density at radius 2 is 2.13 bits per heavy atom. The quantitative estimate of drug-likeness (QED) is 0.476. The first kappa shape index (κ1) is 19.4. The molecule has 4 aromatic rings. The topological polar surface area (TPSA) is 72.6 Å². The lowest BCUT2D eigenvalue weighted by atomic mass is 10.1. The van der Waals surface area contributed by atoms with Crippen molar-refractivity contribution >= 4 is 23.2 Å². The van der Waals surface area contributed by atoms with Gasteiger partial charge in [-0.1, -0.05) is 17.7 Å². The Labute approximate surface area is 182 Å². The molecule has 1 aliphatic heterocycles. The number of benzene rings is 1. The van der Waals surface area contributed by atoms with Crippen LogP contribution in [-0.2, 0) is 19.5 Å². The van der Waals surface area contributed by atoms with Crippen molar-refractivity contribution in [2.75, 3.05) is 6.61 Å². The van der Waals surface area contributed by atoms with Gasteiger partial charge in [0.1, 0.15) is 11.6 Å². The van der Waals surface area contributed by atoms with Gasteiger partial charge < -0.3 is 9.64 Å². The number of aromatic nitrogens is 4. The van der Waals surface area contributed by atoms with Crippen molar-refractivity contribution in [3.63, 3.8) is 0 Å². The summed E-state index contributed by atoms with van der Waals surface area (Å²) in [6.45, 7) is 0.995. The minimum absolute atomic E-state index is 0.220. The first-order valence-corrected chi connectivity index (χ1v) is 10.1. The molecule has 156 valence electrons. The van der Waals surface area contributed by atoms with E-state index in [-0.39, 0.29) is 11.7 Å². The molecule has 0 atom stereocenters. The number of carbonyl (C=O) groups is 1. The molecule has 0 spiro atoms. The second-order valence-corrected chi connectivity index (χ2v) is 7.66. The Balaban J connectivity index is 1.34. The fourth-order valence-corrected chi connectivity index (χ4v) is 3.79. The highest BCUT2D eigenvalue weighted by Crippen LogP contribution is 2.29. The number of nitrogens with zero attached hydrogens (tertiary/aromatic N) is 5. The average molecular weight is 438 g/mol. The van der Waals surface area contributed by atoms with Crippen LogP contribution in [0.1, 0.15) is 27.2 Å². The van der Waals surface area contributed by atoms with E-state index in [0.29, 0.717) is 42.4 Å². The zero-order valence-corrected chi connectivity index (χ0v) is 17.1. The Morgan fingerprint density at radius 3 is 2.97 bits per heavy atom. The first-order valence-electron chi connectivity index (χ1n) is 9.70. The summed E-state index contributed by atoms with van der Waals surface area (Å²) >= 11 is 5.98. The fraction of sp³-hybridized carbons (Fsp3) is 0.182. The second-order valence-electron chi connectivity index (χ2n) is 7.23. The maximum absolute atomic E-state index is 13.9. The maximum atomic E-state index is 13.9. The fourth-order valence-electron chi connectivity index (χ4n) is 3.65. The predicted molar refractivity (Wildman–Crippen MR) is 111 cm³/mol. The molecular formula is C22H17ClFN5O2. The molecule has 5 rings (SSSR count). The van der Waals surface area contributed by atoms with E-state index in [2.05, 4.69) is 15.1 Å². The van der Waals surface area contributed by atoms with Crippen molar-refractivity contribution in [3.05, 3.63) is 88.3 Å². The molecule has 1 aromatic carbocycles. The highest BCUT2D eigenvalue weighted by Gasteiger charge is 2.30. The zero-order chi connectivity index (χ0) is 21.4. The average Bonchev–Trinajstić information content (AvgIpc) is 3.32. The highest BCUT2D eigenvalue weighted by atomic mass is 35.5. The van der Waals surface area contributed by atoms with Crippen LogP contribution in [-0.4, -0.2) is 37.0 Å². The van der Waals surface area contributed by atoms with E-state index in [1.54, 1.807) is 34.2 Å². The number of hydrogen-bond donors (Lipinski definition) is 0. The number of carbonyl (C=O) groups excluding carboxylic acids is 1. The summed E-state index contributed by atoms with van der Waals surface area (Å²) in [5.41, 5.74) is 3.63. The van der Waals surface area contributed by atoms with Crippen molar-refractivity contribution in [2.24, 2.45) is 0 Å². The molecule has 0 bridgehead atoms. The summed E-state index contributed by atoms with van der Waals surface area (Å²) in [7, 11) is 0. The Morgan fingerprint density at radius 1 is 1.23 bits per heavy atom. The van der Waals surface area contributed by atoms with E-state index in [9.17, 15) is 9.18 Å². The van der Waals surface area contributed by atoms with E-state index in [1.165, 1.54) is 18.2 Å². The lowest BCUT2D eigenvalue weighted by molar-refractivity contribution is 0.0745. The van der Waals surface area contributed by atoms with Crippen molar-refractivity contribution in [1.82, 2.24) is 24.5 Å². The predicted octanol–water partition coefficient (Wildman–Crippen LogP) is 3.69. The number of ether oxygens (including phenoxy) is 1. The highest BCUT2D eigenvalue weighted by molar-refractivity contribution is 6.30. The van der Waals surface area contributed by atoms with Crippen LogP contribution in [0.5, 0.6) is 5.75 Å². The summed E-state index contributed by atoms with van der Waals surface area (Å²) < 4.78 is 21.3. The third-order valence-corrected chi connectivity index (χ3v) is 5.34. The van der Waals surface area contributed by atoms with Gasteiger partial charge in [0.25, 0.3) is 5.91 Å². The molecule has 1 aliphatic rings. The van der Waals surface area contributed by atoms with Crippen molar-refractivity contribution < 1.29 is 13.9 Å². The summed E-state index contributed by atoms with van der Waals surface area (Å²) in [4.78, 5) is 23.2. The summed E-state index contributed by atoms with van der Waals surface area (Å²) in [5.74, 6) is -0.490. The number of pyridine rings is 1. The molecule has 0 N–H and O–H groups in total. The van der Waals surface area contributed by atoms with Gasteiger partial charge in [0.2, 0.25) is 0 Å². The molecular weight excluding hydrogens is 421 g/mol. The van der Waals surface area contributed by atoms with Crippen LogP contribution in [0, 0.1) is 5.82 Å². The summed E-state index contributed by atoms with van der Waals surface area (Å²) in [6.07, 6.45) is 7.28.